The topological polar surface area (TPSA) is 18.5 Å². The van der Waals surface area contributed by atoms with E-state index in [0.717, 1.165) is 13.0 Å². The van der Waals surface area contributed by atoms with Gasteiger partial charge >= 0.3 is 8.56 Å². The number of hydrogen-bond acceptors (Lipinski definition) is 2. The molecule has 0 aliphatic rings. The smallest absolute Gasteiger partial charge is 0.388 e. The lowest BCUT2D eigenvalue weighted by atomic mass is 9.91. The molecule has 3 heteroatoms. The van der Waals surface area contributed by atoms with Gasteiger partial charge in [0, 0.05) is 12.7 Å². The largest absolute Gasteiger partial charge is 0.407 e. The maximum absolute atomic E-state index is 6.90. The Bertz CT molecular complexity index is 622. The third-order valence-corrected chi connectivity index (χ3v) is 8.58. The van der Waals surface area contributed by atoms with Crippen LogP contribution < -0.4 is 10.4 Å². The molecule has 0 heterocycles. The fourth-order valence-corrected chi connectivity index (χ4v) is 6.50. The molecule has 0 saturated heterocycles. The molecule has 27 heavy (non-hydrogen) atoms. The fraction of sp³-hybridized carbons (Fsp3) is 0.500. The lowest BCUT2D eigenvalue weighted by Crippen LogP contribution is -2.65. The Morgan fingerprint density at radius 3 is 1.70 bits per heavy atom. The molecule has 148 valence electrons. The lowest BCUT2D eigenvalue weighted by molar-refractivity contribution is 0.0634. The van der Waals surface area contributed by atoms with Crippen molar-refractivity contribution < 1.29 is 8.85 Å². The monoisotopic (exact) mass is 384 g/mol. The molecule has 1 unspecified atom stereocenters. The van der Waals surface area contributed by atoms with E-state index in [-0.39, 0.29) is 11.5 Å². The Morgan fingerprint density at radius 1 is 0.815 bits per heavy atom. The van der Waals surface area contributed by atoms with Gasteiger partial charge in [-0.2, -0.15) is 0 Å². The van der Waals surface area contributed by atoms with Gasteiger partial charge in [0.05, 0.1) is 0 Å². The molecule has 0 saturated carbocycles. The molecule has 2 nitrogen and oxygen atoms in total. The van der Waals surface area contributed by atoms with Gasteiger partial charge in [0.15, 0.2) is 0 Å². The van der Waals surface area contributed by atoms with Gasteiger partial charge in [0.1, 0.15) is 0 Å². The van der Waals surface area contributed by atoms with E-state index in [1.807, 2.05) is 0 Å². The molecular weight excluding hydrogens is 348 g/mol. The van der Waals surface area contributed by atoms with E-state index >= 15 is 0 Å². The predicted octanol–water partition coefficient (Wildman–Crippen LogP) is 5.15. The Morgan fingerprint density at radius 2 is 1.30 bits per heavy atom. The first-order valence-electron chi connectivity index (χ1n) is 10.2. The summed E-state index contributed by atoms with van der Waals surface area (Å²) < 4.78 is 13.6. The van der Waals surface area contributed by atoms with Crippen molar-refractivity contribution >= 4 is 18.9 Å². The molecule has 0 aliphatic heterocycles. The summed E-state index contributed by atoms with van der Waals surface area (Å²) >= 11 is 0. The Hall–Kier alpha value is -1.42. The summed E-state index contributed by atoms with van der Waals surface area (Å²) in [6.07, 6.45) is 2.30. The summed E-state index contributed by atoms with van der Waals surface area (Å²) in [6, 6.07) is 21.1. The lowest BCUT2D eigenvalue weighted by Gasteiger charge is -2.38. The third kappa shape index (κ3) is 6.03. The average Bonchev–Trinajstić information content (AvgIpc) is 2.64. The van der Waals surface area contributed by atoms with Gasteiger partial charge in [-0.25, -0.2) is 0 Å². The first kappa shape index (κ1) is 21.9. The van der Waals surface area contributed by atoms with Gasteiger partial charge < -0.3 is 8.85 Å². The van der Waals surface area contributed by atoms with Crippen LogP contribution in [0.4, 0.5) is 0 Å². The molecule has 0 aromatic heterocycles. The SMILES string of the molecule is CC(C)CCCO[Si](OC(C)C(C)(C)C)(c1ccccc1)c1ccccc1. The van der Waals surface area contributed by atoms with Crippen LogP contribution in [0, 0.1) is 11.3 Å². The second-order valence-corrected chi connectivity index (χ2v) is 11.8. The van der Waals surface area contributed by atoms with Crippen molar-refractivity contribution in [3.8, 4) is 0 Å². The van der Waals surface area contributed by atoms with Crippen LogP contribution in [0.3, 0.4) is 0 Å². The van der Waals surface area contributed by atoms with Crippen molar-refractivity contribution in [3.05, 3.63) is 60.7 Å². The highest BCUT2D eigenvalue weighted by molar-refractivity contribution is 6.92. The standard InChI is InChI=1S/C24H36O2Si/c1-20(2)14-13-19-25-27(22-15-9-7-10-16-22,23-17-11-8-12-18-23)26-21(3)24(4,5)6/h7-12,15-18,20-21H,13-14,19H2,1-6H3. The van der Waals surface area contributed by atoms with E-state index in [1.54, 1.807) is 0 Å². The predicted molar refractivity (Wildman–Crippen MR) is 118 cm³/mol. The van der Waals surface area contributed by atoms with E-state index < -0.39 is 8.56 Å². The highest BCUT2D eigenvalue weighted by Gasteiger charge is 2.45. The zero-order valence-electron chi connectivity index (χ0n) is 17.9. The summed E-state index contributed by atoms with van der Waals surface area (Å²) in [4.78, 5) is 0. The molecule has 0 spiro atoms. The normalized spacial score (nSPS) is 13.7. The second-order valence-electron chi connectivity index (χ2n) is 8.86. The summed E-state index contributed by atoms with van der Waals surface area (Å²) in [6.45, 7) is 14.1. The van der Waals surface area contributed by atoms with Gasteiger partial charge in [-0.15, -0.1) is 0 Å². The zero-order valence-corrected chi connectivity index (χ0v) is 18.9. The summed E-state index contributed by atoms with van der Waals surface area (Å²) in [5.74, 6) is 0.688. The minimum atomic E-state index is -2.79. The van der Waals surface area contributed by atoms with Crippen LogP contribution >= 0.6 is 0 Å². The van der Waals surface area contributed by atoms with Crippen LogP contribution in [0.25, 0.3) is 0 Å². The maximum Gasteiger partial charge on any atom is 0.407 e. The van der Waals surface area contributed by atoms with Gasteiger partial charge in [0.25, 0.3) is 0 Å². The van der Waals surface area contributed by atoms with E-state index in [4.69, 9.17) is 8.85 Å². The van der Waals surface area contributed by atoms with Crippen LogP contribution in [0.2, 0.25) is 0 Å². The minimum absolute atomic E-state index is 0.0447. The highest BCUT2D eigenvalue weighted by atomic mass is 28.4. The molecule has 1 atom stereocenters. The average molecular weight is 385 g/mol. The maximum atomic E-state index is 6.90. The summed E-state index contributed by atoms with van der Waals surface area (Å²) in [5, 5.41) is 2.36. The van der Waals surface area contributed by atoms with Crippen LogP contribution in [0.5, 0.6) is 0 Å². The minimum Gasteiger partial charge on any atom is -0.388 e. The van der Waals surface area contributed by atoms with Crippen molar-refractivity contribution in [3.63, 3.8) is 0 Å². The zero-order chi connectivity index (χ0) is 19.9. The molecular formula is C24H36O2Si. The van der Waals surface area contributed by atoms with Crippen molar-refractivity contribution in [2.45, 2.75) is 60.5 Å². The van der Waals surface area contributed by atoms with E-state index in [0.29, 0.717) is 5.92 Å². The molecule has 0 bridgehead atoms. The molecule has 2 aromatic carbocycles. The van der Waals surface area contributed by atoms with E-state index in [2.05, 4.69) is 102 Å². The molecule has 2 rings (SSSR count). The Kier molecular flexibility index (Phi) is 7.84. The van der Waals surface area contributed by atoms with E-state index in [1.165, 1.54) is 16.8 Å². The number of hydrogen-bond donors (Lipinski definition) is 0. The molecule has 0 amide bonds. The second kappa shape index (κ2) is 9.68. The summed E-state index contributed by atoms with van der Waals surface area (Å²) in [7, 11) is -2.79. The number of benzene rings is 2. The Balaban J connectivity index is 2.45. The Labute approximate surface area is 167 Å². The van der Waals surface area contributed by atoms with Crippen LogP contribution in [0.1, 0.15) is 54.4 Å². The van der Waals surface area contributed by atoms with Crippen molar-refractivity contribution in [2.75, 3.05) is 6.61 Å². The fourth-order valence-electron chi connectivity index (χ4n) is 2.95. The highest BCUT2D eigenvalue weighted by Crippen LogP contribution is 2.26. The summed E-state index contributed by atoms with van der Waals surface area (Å²) in [5.41, 5.74) is 0.0447. The van der Waals surface area contributed by atoms with Gasteiger partial charge in [-0.1, -0.05) is 95.3 Å². The number of rotatable bonds is 9. The van der Waals surface area contributed by atoms with Gasteiger partial charge in [-0.05, 0) is 41.5 Å². The molecule has 0 N–H and O–H groups in total. The first-order valence-corrected chi connectivity index (χ1v) is 12.0. The van der Waals surface area contributed by atoms with E-state index in [9.17, 15) is 0 Å². The van der Waals surface area contributed by atoms with Crippen LogP contribution in [0.15, 0.2) is 60.7 Å². The van der Waals surface area contributed by atoms with Crippen molar-refractivity contribution in [1.82, 2.24) is 0 Å². The van der Waals surface area contributed by atoms with Crippen LogP contribution in [-0.2, 0) is 8.85 Å². The molecule has 0 aliphatic carbocycles. The van der Waals surface area contributed by atoms with Crippen molar-refractivity contribution in [2.24, 2.45) is 11.3 Å². The first-order chi connectivity index (χ1) is 12.8. The van der Waals surface area contributed by atoms with Crippen LogP contribution in [-0.4, -0.2) is 21.3 Å². The van der Waals surface area contributed by atoms with Gasteiger partial charge in [-0.3, -0.25) is 0 Å². The molecule has 2 aromatic rings. The third-order valence-electron chi connectivity index (χ3n) is 5.10. The van der Waals surface area contributed by atoms with Gasteiger partial charge in [0.2, 0.25) is 0 Å². The molecule has 0 fully saturated rings. The molecule has 0 radical (unpaired) electrons. The van der Waals surface area contributed by atoms with Crippen molar-refractivity contribution in [1.29, 1.82) is 0 Å². The quantitative estimate of drug-likeness (QED) is 0.440.